The number of piperidine rings is 1. The van der Waals surface area contributed by atoms with Gasteiger partial charge in [-0.1, -0.05) is 12.1 Å². The summed E-state index contributed by atoms with van der Waals surface area (Å²) in [6.45, 7) is -0.273. The molecule has 3 aliphatic heterocycles. The molecule has 1 aromatic heterocycles. The number of carbonyl (C=O) groups is 2. The van der Waals surface area contributed by atoms with Crippen molar-refractivity contribution in [3.63, 3.8) is 0 Å². The molecule has 2 amide bonds. The van der Waals surface area contributed by atoms with Gasteiger partial charge < -0.3 is 29.4 Å². The number of nitrogens with one attached hydrogen (secondary N) is 2. The molecule has 4 bridgehead atoms. The van der Waals surface area contributed by atoms with Crippen molar-refractivity contribution in [2.75, 3.05) is 26.8 Å². The monoisotopic (exact) mass is 613 g/mol. The predicted octanol–water partition coefficient (Wildman–Crippen LogP) is -0.258. The lowest BCUT2D eigenvalue weighted by Crippen LogP contribution is -2.58. The zero-order valence-electron chi connectivity index (χ0n) is 23.7. The zero-order chi connectivity index (χ0) is 30.9. The van der Waals surface area contributed by atoms with Crippen molar-refractivity contribution < 1.29 is 32.2 Å². The van der Waals surface area contributed by atoms with Crippen LogP contribution in [0.4, 0.5) is 0 Å². The molecular weight excluding hydrogens is 582 g/mol. The Morgan fingerprint density at radius 2 is 1.77 bits per heavy atom. The van der Waals surface area contributed by atoms with E-state index in [9.17, 15) is 27.6 Å². The van der Waals surface area contributed by atoms with Crippen molar-refractivity contribution in [1.29, 1.82) is 0 Å². The first-order valence-electron chi connectivity index (χ1n) is 13.4. The highest BCUT2D eigenvalue weighted by atomic mass is 32.2. The van der Waals surface area contributed by atoms with E-state index in [0.717, 1.165) is 25.2 Å². The SMILES string of the molecule is COc1ccc2cc1OCC(=O)NCc1ccc(cc1)O[C@@H]1CCN(S(=O)(=O)c3cn(C)c(=O)n(C)c3=O)C[C@@H]1NC2=O. The fraction of sp³-hybridized carbons (Fsp3) is 0.357. The molecule has 43 heavy (non-hydrogen) atoms. The molecule has 2 aromatic carbocycles. The van der Waals surface area contributed by atoms with Gasteiger partial charge in [0.15, 0.2) is 23.0 Å². The summed E-state index contributed by atoms with van der Waals surface area (Å²) in [4.78, 5) is 50.3. The minimum absolute atomic E-state index is 0.00396. The van der Waals surface area contributed by atoms with E-state index in [1.165, 1.54) is 39.4 Å². The van der Waals surface area contributed by atoms with Crippen molar-refractivity contribution in [3.05, 3.63) is 80.6 Å². The van der Waals surface area contributed by atoms with E-state index in [1.54, 1.807) is 24.3 Å². The quantitative estimate of drug-likeness (QED) is 0.405. The Hall–Kier alpha value is -4.63. The van der Waals surface area contributed by atoms with Crippen LogP contribution in [0.1, 0.15) is 22.3 Å². The summed E-state index contributed by atoms with van der Waals surface area (Å²) in [6.07, 6.45) is 0.557. The summed E-state index contributed by atoms with van der Waals surface area (Å²) in [5.74, 6) is 0.0499. The summed E-state index contributed by atoms with van der Waals surface area (Å²) in [5.41, 5.74) is -0.617. The van der Waals surface area contributed by atoms with E-state index in [2.05, 4.69) is 10.6 Å². The summed E-state index contributed by atoms with van der Waals surface area (Å²) >= 11 is 0. The minimum Gasteiger partial charge on any atom is -0.493 e. The molecular formula is C28H31N5O9S. The van der Waals surface area contributed by atoms with Gasteiger partial charge in [0.1, 0.15) is 11.9 Å². The van der Waals surface area contributed by atoms with E-state index in [4.69, 9.17) is 14.2 Å². The Bertz CT molecular complexity index is 1780. The molecule has 6 rings (SSSR count). The number of fused-ring (bicyclic) bond motifs is 7. The van der Waals surface area contributed by atoms with Gasteiger partial charge in [-0.2, -0.15) is 4.31 Å². The minimum atomic E-state index is -4.36. The van der Waals surface area contributed by atoms with Crippen molar-refractivity contribution in [1.82, 2.24) is 24.1 Å². The third-order valence-electron chi connectivity index (χ3n) is 7.35. The van der Waals surface area contributed by atoms with Gasteiger partial charge in [-0.05, 0) is 35.9 Å². The first kappa shape index (κ1) is 29.8. The van der Waals surface area contributed by atoms with Gasteiger partial charge in [-0.25, -0.2) is 13.2 Å². The molecule has 15 heteroatoms. The lowest BCUT2D eigenvalue weighted by Gasteiger charge is -2.38. The van der Waals surface area contributed by atoms with Gasteiger partial charge in [0.05, 0.1) is 13.2 Å². The number of benzene rings is 2. The number of aryl methyl sites for hydroxylation is 1. The molecule has 14 nitrogen and oxygen atoms in total. The van der Waals surface area contributed by atoms with E-state index in [-0.39, 0.29) is 49.9 Å². The molecule has 2 N–H and O–H groups in total. The number of amides is 2. The van der Waals surface area contributed by atoms with Crippen LogP contribution in [0.2, 0.25) is 0 Å². The standard InChI is InChI=1S/C28H31N5O9S/c1-31-15-24(27(36)32(2)28(31)37)43(38,39)33-11-10-21-20(14-33)30-26(35)18-6-9-22(40-3)23(12-18)41-16-25(34)29-13-17-4-7-19(42-21)8-5-17/h4-9,12,15,20-21H,10-11,13-14,16H2,1-3H3,(H,29,34)(H,30,35)/t20-,21+/m0/s1. The Balaban J connectivity index is 1.50. The van der Waals surface area contributed by atoms with Crippen LogP contribution in [-0.2, 0) is 35.5 Å². The van der Waals surface area contributed by atoms with Crippen molar-refractivity contribution >= 4 is 21.8 Å². The number of nitrogens with zero attached hydrogens (tertiary/aromatic N) is 3. The zero-order valence-corrected chi connectivity index (χ0v) is 24.5. The summed E-state index contributed by atoms with van der Waals surface area (Å²) in [6, 6.07) is 10.6. The van der Waals surface area contributed by atoms with Crippen LogP contribution < -0.4 is 36.1 Å². The van der Waals surface area contributed by atoms with Crippen LogP contribution in [0.25, 0.3) is 0 Å². The highest BCUT2D eigenvalue weighted by molar-refractivity contribution is 7.89. The maximum atomic E-state index is 13.7. The number of hydrogen-bond acceptors (Lipinski definition) is 9. The fourth-order valence-electron chi connectivity index (χ4n) is 4.93. The average molecular weight is 614 g/mol. The van der Waals surface area contributed by atoms with E-state index in [0.29, 0.717) is 11.5 Å². The van der Waals surface area contributed by atoms with Gasteiger partial charge in [0, 0.05) is 51.9 Å². The van der Waals surface area contributed by atoms with E-state index >= 15 is 0 Å². The number of rotatable bonds is 3. The van der Waals surface area contributed by atoms with Crippen LogP contribution in [-0.4, -0.2) is 72.6 Å². The Labute approximate surface area is 246 Å². The molecule has 0 saturated carbocycles. The van der Waals surface area contributed by atoms with Crippen molar-refractivity contribution in [2.24, 2.45) is 14.1 Å². The van der Waals surface area contributed by atoms with Gasteiger partial charge in [-0.3, -0.25) is 19.0 Å². The summed E-state index contributed by atoms with van der Waals surface area (Å²) < 4.78 is 47.4. The largest absolute Gasteiger partial charge is 0.493 e. The molecule has 0 radical (unpaired) electrons. The maximum Gasteiger partial charge on any atom is 0.330 e. The van der Waals surface area contributed by atoms with Crippen LogP contribution in [0.3, 0.4) is 0 Å². The first-order chi connectivity index (χ1) is 20.5. The Kier molecular flexibility index (Phi) is 8.28. The number of methoxy groups -OCH3 is 1. The van der Waals surface area contributed by atoms with Crippen LogP contribution in [0, 0.1) is 0 Å². The normalized spacial score (nSPS) is 19.7. The number of sulfonamides is 1. The second kappa shape index (κ2) is 11.9. The Morgan fingerprint density at radius 1 is 1.02 bits per heavy atom. The van der Waals surface area contributed by atoms with Crippen LogP contribution in [0.15, 0.2) is 63.1 Å². The third-order valence-corrected chi connectivity index (χ3v) is 9.19. The highest BCUT2D eigenvalue weighted by Gasteiger charge is 2.39. The van der Waals surface area contributed by atoms with Gasteiger partial charge in [0.25, 0.3) is 17.4 Å². The smallest absolute Gasteiger partial charge is 0.330 e. The number of hydrogen-bond donors (Lipinski definition) is 2. The third kappa shape index (κ3) is 6.12. The average Bonchev–Trinajstić information content (AvgIpc) is 3.00. The molecule has 3 aliphatic rings. The molecule has 2 atom stereocenters. The molecule has 1 saturated heterocycles. The molecule has 4 heterocycles. The van der Waals surface area contributed by atoms with Gasteiger partial charge >= 0.3 is 5.69 Å². The van der Waals surface area contributed by atoms with E-state index in [1.807, 2.05) is 0 Å². The van der Waals surface area contributed by atoms with Gasteiger partial charge in [-0.15, -0.1) is 0 Å². The maximum absolute atomic E-state index is 13.7. The molecule has 0 aliphatic carbocycles. The number of aromatic nitrogens is 2. The second-order valence-electron chi connectivity index (χ2n) is 10.2. The topological polar surface area (TPSA) is 167 Å². The van der Waals surface area contributed by atoms with Gasteiger partial charge in [0.2, 0.25) is 10.0 Å². The summed E-state index contributed by atoms with van der Waals surface area (Å²) in [7, 11) is -0.366. The molecule has 0 spiro atoms. The number of carbonyl (C=O) groups excluding carboxylic acids is 2. The lowest BCUT2D eigenvalue weighted by molar-refractivity contribution is -0.123. The van der Waals surface area contributed by atoms with E-state index < -0.39 is 44.2 Å². The van der Waals surface area contributed by atoms with Crippen LogP contribution in [0.5, 0.6) is 17.2 Å². The fourth-order valence-corrected chi connectivity index (χ4v) is 6.56. The van der Waals surface area contributed by atoms with Crippen molar-refractivity contribution in [3.8, 4) is 17.2 Å². The van der Waals surface area contributed by atoms with Crippen molar-refractivity contribution in [2.45, 2.75) is 30.0 Å². The second-order valence-corrected chi connectivity index (χ2v) is 12.1. The first-order valence-corrected chi connectivity index (χ1v) is 14.8. The summed E-state index contributed by atoms with van der Waals surface area (Å²) in [5, 5.41) is 5.64. The van der Waals surface area contributed by atoms with Crippen LogP contribution >= 0.6 is 0 Å². The predicted molar refractivity (Wildman–Crippen MR) is 153 cm³/mol. The molecule has 1 fully saturated rings. The Morgan fingerprint density at radius 3 is 2.49 bits per heavy atom. The highest BCUT2D eigenvalue weighted by Crippen LogP contribution is 2.29. The number of ether oxygens (including phenoxy) is 3. The molecule has 3 aromatic rings. The lowest BCUT2D eigenvalue weighted by atomic mass is 10.0. The molecule has 0 unspecified atom stereocenters. The molecule has 228 valence electrons.